The maximum Gasteiger partial charge on any atom is 0.0996 e. The van der Waals surface area contributed by atoms with E-state index < -0.39 is 4.87 Å². The topological polar surface area (TPSA) is 47.3 Å². The molecule has 0 heterocycles. The van der Waals surface area contributed by atoms with Gasteiger partial charge < -0.3 is 4.74 Å². The summed E-state index contributed by atoms with van der Waals surface area (Å²) in [5.41, 5.74) is 3.55. The van der Waals surface area contributed by atoms with Gasteiger partial charge >= 0.3 is 0 Å². The number of nitrogens with one attached hydrogen (secondary N) is 1. The van der Waals surface area contributed by atoms with Crippen LogP contribution in [0.5, 0.6) is 0 Å². The number of benzene rings is 1. The minimum atomic E-state index is -0.436. The highest BCUT2D eigenvalue weighted by molar-refractivity contribution is 6.34. The van der Waals surface area contributed by atoms with E-state index in [1.807, 2.05) is 24.3 Å². The van der Waals surface area contributed by atoms with Crippen molar-refractivity contribution in [3.8, 4) is 0 Å². The standard InChI is InChI=1S/C12H16Cl2N2O.ClH/c13-10-5-2-1-4-9(10)12(14)8-11(12)17-7-3-6-16-15;/h1-2,4-5,11,16H,3,6-8,15H2;1H. The number of alkyl halides is 1. The minimum absolute atomic E-state index is 0. The second-order valence-electron chi connectivity index (χ2n) is 4.21. The quantitative estimate of drug-likeness (QED) is 0.367. The van der Waals surface area contributed by atoms with Crippen LogP contribution in [0.25, 0.3) is 0 Å². The van der Waals surface area contributed by atoms with E-state index in [-0.39, 0.29) is 18.5 Å². The molecule has 1 aliphatic rings. The number of hydrogen-bond acceptors (Lipinski definition) is 3. The zero-order valence-corrected chi connectivity index (χ0v) is 12.2. The molecule has 3 nitrogen and oxygen atoms in total. The van der Waals surface area contributed by atoms with Gasteiger partial charge in [0, 0.05) is 24.6 Å². The Hall–Kier alpha value is -0.0300. The molecule has 0 saturated heterocycles. The van der Waals surface area contributed by atoms with E-state index in [2.05, 4.69) is 5.43 Å². The number of nitrogens with two attached hydrogens (primary N) is 1. The van der Waals surface area contributed by atoms with Crippen LogP contribution in [0.3, 0.4) is 0 Å². The smallest absolute Gasteiger partial charge is 0.0996 e. The lowest BCUT2D eigenvalue weighted by atomic mass is 10.1. The van der Waals surface area contributed by atoms with Crippen molar-refractivity contribution in [1.82, 2.24) is 5.43 Å². The third-order valence-electron chi connectivity index (χ3n) is 2.94. The van der Waals surface area contributed by atoms with Gasteiger partial charge in [0.25, 0.3) is 0 Å². The second kappa shape index (κ2) is 6.94. The van der Waals surface area contributed by atoms with Gasteiger partial charge in [0.2, 0.25) is 0 Å². The lowest BCUT2D eigenvalue weighted by molar-refractivity contribution is 0.109. The van der Waals surface area contributed by atoms with Crippen molar-refractivity contribution < 1.29 is 4.74 Å². The predicted octanol–water partition coefficient (Wildman–Crippen LogP) is 2.84. The molecule has 2 unspecified atom stereocenters. The zero-order valence-electron chi connectivity index (χ0n) is 9.86. The van der Waals surface area contributed by atoms with E-state index in [9.17, 15) is 0 Å². The lowest BCUT2D eigenvalue weighted by Crippen LogP contribution is -2.24. The van der Waals surface area contributed by atoms with Crippen LogP contribution in [-0.4, -0.2) is 19.3 Å². The van der Waals surface area contributed by atoms with E-state index in [0.29, 0.717) is 11.6 Å². The molecular weight excluding hydrogens is 295 g/mol. The van der Waals surface area contributed by atoms with Crippen LogP contribution >= 0.6 is 35.6 Å². The first kappa shape index (κ1) is 16.0. The van der Waals surface area contributed by atoms with Gasteiger partial charge in [-0.1, -0.05) is 29.8 Å². The highest BCUT2D eigenvalue weighted by Gasteiger charge is 2.56. The van der Waals surface area contributed by atoms with Gasteiger partial charge in [-0.2, -0.15) is 0 Å². The fourth-order valence-electron chi connectivity index (χ4n) is 1.88. The van der Waals surface area contributed by atoms with E-state index in [1.165, 1.54) is 0 Å². The van der Waals surface area contributed by atoms with Gasteiger partial charge in [0.05, 0.1) is 11.0 Å². The third-order valence-corrected chi connectivity index (χ3v) is 3.87. The maximum absolute atomic E-state index is 6.50. The first-order chi connectivity index (χ1) is 8.18. The third kappa shape index (κ3) is 3.50. The minimum Gasteiger partial charge on any atom is -0.376 e. The maximum atomic E-state index is 6.50. The lowest BCUT2D eigenvalue weighted by Gasteiger charge is -2.11. The zero-order chi connectivity index (χ0) is 12.3. The summed E-state index contributed by atoms with van der Waals surface area (Å²) < 4.78 is 5.69. The highest BCUT2D eigenvalue weighted by Crippen LogP contribution is 2.55. The number of hydrogen-bond donors (Lipinski definition) is 2. The van der Waals surface area contributed by atoms with Gasteiger partial charge in [0.1, 0.15) is 0 Å². The van der Waals surface area contributed by atoms with E-state index >= 15 is 0 Å². The van der Waals surface area contributed by atoms with Crippen LogP contribution in [0.4, 0.5) is 0 Å². The molecule has 1 fully saturated rings. The van der Waals surface area contributed by atoms with Gasteiger partial charge in [0.15, 0.2) is 0 Å². The average Bonchev–Trinajstić information content (AvgIpc) is 2.98. The molecule has 0 bridgehead atoms. The predicted molar refractivity (Wildman–Crippen MR) is 77.4 cm³/mol. The second-order valence-corrected chi connectivity index (χ2v) is 5.30. The molecule has 18 heavy (non-hydrogen) atoms. The van der Waals surface area contributed by atoms with E-state index in [1.54, 1.807) is 0 Å². The molecule has 6 heteroatoms. The van der Waals surface area contributed by atoms with Gasteiger partial charge in [-0.25, -0.2) is 0 Å². The van der Waals surface area contributed by atoms with Gasteiger partial charge in [-0.3, -0.25) is 11.3 Å². The summed E-state index contributed by atoms with van der Waals surface area (Å²) >= 11 is 12.6. The summed E-state index contributed by atoms with van der Waals surface area (Å²) in [6.45, 7) is 1.40. The number of halogens is 3. The molecule has 2 atom stereocenters. The van der Waals surface area contributed by atoms with Crippen molar-refractivity contribution in [3.05, 3.63) is 34.9 Å². The Balaban J connectivity index is 0.00000162. The van der Waals surface area contributed by atoms with Crippen molar-refractivity contribution in [3.63, 3.8) is 0 Å². The molecular formula is C12H17Cl3N2O. The van der Waals surface area contributed by atoms with Crippen LogP contribution in [0.1, 0.15) is 18.4 Å². The van der Waals surface area contributed by atoms with Crippen LogP contribution in [0.15, 0.2) is 24.3 Å². The Morgan fingerprint density at radius 1 is 1.44 bits per heavy atom. The summed E-state index contributed by atoms with van der Waals surface area (Å²) in [7, 11) is 0. The van der Waals surface area contributed by atoms with Crippen molar-refractivity contribution in [2.24, 2.45) is 5.84 Å². The molecule has 2 rings (SSSR count). The van der Waals surface area contributed by atoms with Crippen LogP contribution < -0.4 is 11.3 Å². The van der Waals surface area contributed by atoms with Crippen LogP contribution in [-0.2, 0) is 9.61 Å². The molecule has 0 aromatic heterocycles. The molecule has 1 aromatic rings. The normalized spacial score (nSPS) is 25.6. The van der Waals surface area contributed by atoms with Crippen LogP contribution in [0, 0.1) is 0 Å². The first-order valence-corrected chi connectivity index (χ1v) is 6.43. The summed E-state index contributed by atoms with van der Waals surface area (Å²) in [5.74, 6) is 5.18. The molecule has 0 amide bonds. The number of hydrazine groups is 1. The molecule has 3 N–H and O–H groups in total. The Labute approximate surface area is 123 Å². The van der Waals surface area contributed by atoms with E-state index in [0.717, 1.165) is 24.9 Å². The van der Waals surface area contributed by atoms with Crippen molar-refractivity contribution in [2.45, 2.75) is 23.8 Å². The van der Waals surface area contributed by atoms with Crippen molar-refractivity contribution >= 4 is 35.6 Å². The average molecular weight is 312 g/mol. The van der Waals surface area contributed by atoms with Gasteiger partial charge in [-0.05, 0) is 18.1 Å². The molecule has 102 valence electrons. The highest BCUT2D eigenvalue weighted by atomic mass is 35.5. The molecule has 1 saturated carbocycles. The monoisotopic (exact) mass is 310 g/mol. The summed E-state index contributed by atoms with van der Waals surface area (Å²) in [6.07, 6.45) is 1.75. The van der Waals surface area contributed by atoms with Crippen molar-refractivity contribution in [1.29, 1.82) is 0 Å². The fourth-order valence-corrected chi connectivity index (χ4v) is 2.60. The molecule has 0 spiro atoms. The largest absolute Gasteiger partial charge is 0.376 e. The van der Waals surface area contributed by atoms with Crippen LogP contribution in [0.2, 0.25) is 5.02 Å². The summed E-state index contributed by atoms with van der Waals surface area (Å²) in [6, 6.07) is 7.66. The molecule has 0 radical (unpaired) electrons. The van der Waals surface area contributed by atoms with Crippen molar-refractivity contribution in [2.75, 3.05) is 13.2 Å². The molecule has 1 aliphatic carbocycles. The first-order valence-electron chi connectivity index (χ1n) is 5.67. The van der Waals surface area contributed by atoms with E-state index in [4.69, 9.17) is 33.8 Å². The fraction of sp³-hybridized carbons (Fsp3) is 0.500. The van der Waals surface area contributed by atoms with Gasteiger partial charge in [-0.15, -0.1) is 24.0 Å². The molecule has 1 aromatic carbocycles. The number of ether oxygens (including phenoxy) is 1. The summed E-state index contributed by atoms with van der Waals surface area (Å²) in [4.78, 5) is -0.436. The Morgan fingerprint density at radius 3 is 2.83 bits per heavy atom. The SMILES string of the molecule is Cl.NNCCCOC1CC1(Cl)c1ccccc1Cl. The molecule has 0 aliphatic heterocycles. The summed E-state index contributed by atoms with van der Waals surface area (Å²) in [5, 5.41) is 0.706. The Bertz CT molecular complexity index is 391. The Kier molecular flexibility index (Phi) is 6.18. The Morgan fingerprint density at radius 2 is 2.17 bits per heavy atom. The number of rotatable bonds is 6.